The van der Waals surface area contributed by atoms with E-state index >= 15 is 0 Å². The number of rotatable bonds is 4. The highest BCUT2D eigenvalue weighted by atomic mass is 35.5. The van der Waals surface area contributed by atoms with Crippen LogP contribution in [0, 0.1) is 10.1 Å². The van der Waals surface area contributed by atoms with Gasteiger partial charge in [0.1, 0.15) is 5.15 Å². The van der Waals surface area contributed by atoms with Crippen LogP contribution in [0.2, 0.25) is 5.15 Å². The standard InChI is InChI=1S/C13H10ClN3O3/c14-12-8-10(5-6-15-12)16-13(18)7-9-1-3-11(4-2-9)17(19)20/h1-6,8H,7H2,(H,15,16,18). The topological polar surface area (TPSA) is 85.1 Å². The molecule has 0 unspecified atom stereocenters. The third kappa shape index (κ3) is 3.76. The minimum Gasteiger partial charge on any atom is -0.326 e. The van der Waals surface area contributed by atoms with Crippen molar-refractivity contribution in [2.24, 2.45) is 0 Å². The van der Waals surface area contributed by atoms with Crippen molar-refractivity contribution in [2.45, 2.75) is 6.42 Å². The van der Waals surface area contributed by atoms with Crippen molar-refractivity contribution in [3.05, 3.63) is 63.4 Å². The average Bonchev–Trinajstić information content (AvgIpc) is 2.39. The van der Waals surface area contributed by atoms with Crippen molar-refractivity contribution in [1.82, 2.24) is 4.98 Å². The van der Waals surface area contributed by atoms with Crippen molar-refractivity contribution >= 4 is 28.9 Å². The van der Waals surface area contributed by atoms with Crippen LogP contribution in [0.15, 0.2) is 42.6 Å². The van der Waals surface area contributed by atoms with Crippen LogP contribution in [-0.4, -0.2) is 15.8 Å². The Labute approximate surface area is 119 Å². The molecule has 0 saturated carbocycles. The van der Waals surface area contributed by atoms with Gasteiger partial charge in [0.05, 0.1) is 11.3 Å². The normalized spacial score (nSPS) is 10.1. The molecular formula is C13H10ClN3O3. The second-order valence-corrected chi connectivity index (χ2v) is 4.40. The Kier molecular flexibility index (Phi) is 4.27. The molecular weight excluding hydrogens is 282 g/mol. The second kappa shape index (κ2) is 6.12. The van der Waals surface area contributed by atoms with Gasteiger partial charge in [-0.05, 0) is 17.7 Å². The molecule has 0 fully saturated rings. The minimum atomic E-state index is -0.483. The van der Waals surface area contributed by atoms with E-state index in [1.54, 1.807) is 18.2 Å². The molecule has 1 amide bonds. The number of hydrogen-bond donors (Lipinski definition) is 1. The van der Waals surface area contributed by atoms with Crippen LogP contribution < -0.4 is 5.32 Å². The minimum absolute atomic E-state index is 0.00456. The molecule has 0 spiro atoms. The predicted octanol–water partition coefficient (Wildman–Crippen LogP) is 2.82. The largest absolute Gasteiger partial charge is 0.326 e. The number of nitro groups is 1. The highest BCUT2D eigenvalue weighted by Crippen LogP contribution is 2.14. The fourth-order valence-corrected chi connectivity index (χ4v) is 1.78. The van der Waals surface area contributed by atoms with Crippen molar-refractivity contribution in [3.8, 4) is 0 Å². The molecule has 0 aliphatic heterocycles. The summed E-state index contributed by atoms with van der Waals surface area (Å²) in [5, 5.41) is 13.5. The molecule has 102 valence electrons. The number of carbonyl (C=O) groups excluding carboxylic acids is 1. The van der Waals surface area contributed by atoms with E-state index in [1.165, 1.54) is 24.4 Å². The molecule has 7 heteroatoms. The van der Waals surface area contributed by atoms with Gasteiger partial charge in [0, 0.05) is 24.0 Å². The molecule has 1 heterocycles. The maximum atomic E-state index is 11.8. The van der Waals surface area contributed by atoms with E-state index in [0.717, 1.165) is 0 Å². The number of benzene rings is 1. The number of carbonyl (C=O) groups is 1. The summed E-state index contributed by atoms with van der Waals surface area (Å²) in [4.78, 5) is 25.6. The summed E-state index contributed by atoms with van der Waals surface area (Å²) >= 11 is 5.71. The van der Waals surface area contributed by atoms with Crippen LogP contribution in [0.1, 0.15) is 5.56 Å². The smallest absolute Gasteiger partial charge is 0.269 e. The molecule has 6 nitrogen and oxygen atoms in total. The first-order valence-corrected chi connectivity index (χ1v) is 6.07. The molecule has 0 aliphatic carbocycles. The van der Waals surface area contributed by atoms with E-state index in [9.17, 15) is 14.9 Å². The molecule has 20 heavy (non-hydrogen) atoms. The Hall–Kier alpha value is -2.47. The van der Waals surface area contributed by atoms with Crippen molar-refractivity contribution in [2.75, 3.05) is 5.32 Å². The number of non-ortho nitro benzene ring substituents is 1. The zero-order valence-electron chi connectivity index (χ0n) is 10.2. The maximum absolute atomic E-state index is 11.8. The third-order valence-corrected chi connectivity index (χ3v) is 2.73. The number of halogens is 1. The quantitative estimate of drug-likeness (QED) is 0.533. The first-order valence-electron chi connectivity index (χ1n) is 5.69. The van der Waals surface area contributed by atoms with Crippen LogP contribution in [0.25, 0.3) is 0 Å². The molecule has 2 aromatic rings. The first-order chi connectivity index (χ1) is 9.54. The zero-order valence-corrected chi connectivity index (χ0v) is 11.0. The second-order valence-electron chi connectivity index (χ2n) is 4.02. The van der Waals surface area contributed by atoms with Gasteiger partial charge < -0.3 is 5.32 Å². The molecule has 0 aliphatic rings. The van der Waals surface area contributed by atoms with E-state index in [2.05, 4.69) is 10.3 Å². The predicted molar refractivity (Wildman–Crippen MR) is 74.7 cm³/mol. The van der Waals surface area contributed by atoms with Crippen LogP contribution in [-0.2, 0) is 11.2 Å². The van der Waals surface area contributed by atoms with Crippen molar-refractivity contribution in [1.29, 1.82) is 0 Å². The number of nitro benzene ring substituents is 1. The van der Waals surface area contributed by atoms with Crippen molar-refractivity contribution < 1.29 is 9.72 Å². The Bertz CT molecular complexity index is 644. The lowest BCUT2D eigenvalue weighted by atomic mass is 10.1. The molecule has 1 aromatic carbocycles. The fourth-order valence-electron chi connectivity index (χ4n) is 1.61. The number of nitrogens with zero attached hydrogens (tertiary/aromatic N) is 2. The number of amides is 1. The van der Waals surface area contributed by atoms with E-state index < -0.39 is 4.92 Å². The molecule has 0 radical (unpaired) electrons. The van der Waals surface area contributed by atoms with Crippen LogP contribution in [0.3, 0.4) is 0 Å². The van der Waals surface area contributed by atoms with Crippen LogP contribution >= 0.6 is 11.6 Å². The lowest BCUT2D eigenvalue weighted by Crippen LogP contribution is -2.14. The lowest BCUT2D eigenvalue weighted by molar-refractivity contribution is -0.384. The fraction of sp³-hybridized carbons (Fsp3) is 0.0769. The lowest BCUT2D eigenvalue weighted by Gasteiger charge is -2.05. The summed E-state index contributed by atoms with van der Waals surface area (Å²) < 4.78 is 0. The van der Waals surface area contributed by atoms with Gasteiger partial charge in [0.2, 0.25) is 5.91 Å². The SMILES string of the molecule is O=C(Cc1ccc([N+](=O)[O-])cc1)Nc1ccnc(Cl)c1. The number of hydrogen-bond acceptors (Lipinski definition) is 4. The Balaban J connectivity index is 1.99. The Morgan fingerprint density at radius 2 is 2.00 bits per heavy atom. The number of pyridine rings is 1. The average molecular weight is 292 g/mol. The van der Waals surface area contributed by atoms with E-state index in [1.807, 2.05) is 0 Å². The number of nitrogens with one attached hydrogen (secondary N) is 1. The van der Waals surface area contributed by atoms with Crippen LogP contribution in [0.4, 0.5) is 11.4 Å². The third-order valence-electron chi connectivity index (χ3n) is 2.52. The summed E-state index contributed by atoms with van der Waals surface area (Å²) in [6.07, 6.45) is 1.61. The van der Waals surface area contributed by atoms with Crippen LogP contribution in [0.5, 0.6) is 0 Å². The molecule has 0 saturated heterocycles. The van der Waals surface area contributed by atoms with Gasteiger partial charge in [-0.15, -0.1) is 0 Å². The Morgan fingerprint density at radius 3 is 2.60 bits per heavy atom. The highest BCUT2D eigenvalue weighted by Gasteiger charge is 2.08. The number of anilines is 1. The molecule has 0 atom stereocenters. The summed E-state index contributed by atoms with van der Waals surface area (Å²) in [7, 11) is 0. The highest BCUT2D eigenvalue weighted by molar-refractivity contribution is 6.29. The van der Waals surface area contributed by atoms with Gasteiger partial charge in [-0.25, -0.2) is 4.98 Å². The zero-order chi connectivity index (χ0) is 14.5. The summed E-state index contributed by atoms with van der Waals surface area (Å²) in [5.41, 5.74) is 1.24. The van der Waals surface area contributed by atoms with E-state index in [-0.39, 0.29) is 23.2 Å². The molecule has 1 N–H and O–H groups in total. The Morgan fingerprint density at radius 1 is 1.30 bits per heavy atom. The van der Waals surface area contributed by atoms with Gasteiger partial charge in [-0.2, -0.15) is 0 Å². The van der Waals surface area contributed by atoms with E-state index in [4.69, 9.17) is 11.6 Å². The monoisotopic (exact) mass is 291 g/mol. The first kappa shape index (κ1) is 14.0. The van der Waals surface area contributed by atoms with Gasteiger partial charge >= 0.3 is 0 Å². The summed E-state index contributed by atoms with van der Waals surface area (Å²) in [5.74, 6) is -0.235. The summed E-state index contributed by atoms with van der Waals surface area (Å²) in [6, 6.07) is 9.00. The van der Waals surface area contributed by atoms with E-state index in [0.29, 0.717) is 11.3 Å². The van der Waals surface area contributed by atoms with Gasteiger partial charge in [0.25, 0.3) is 5.69 Å². The maximum Gasteiger partial charge on any atom is 0.269 e. The molecule has 2 rings (SSSR count). The van der Waals surface area contributed by atoms with Gasteiger partial charge in [-0.1, -0.05) is 23.7 Å². The van der Waals surface area contributed by atoms with Gasteiger partial charge in [0.15, 0.2) is 0 Å². The number of aromatic nitrogens is 1. The molecule has 1 aromatic heterocycles. The van der Waals surface area contributed by atoms with Gasteiger partial charge in [-0.3, -0.25) is 14.9 Å². The van der Waals surface area contributed by atoms with Crippen molar-refractivity contribution in [3.63, 3.8) is 0 Å². The summed E-state index contributed by atoms with van der Waals surface area (Å²) in [6.45, 7) is 0. The molecule has 0 bridgehead atoms.